The lowest BCUT2D eigenvalue weighted by molar-refractivity contribution is 0.595. The van der Waals surface area contributed by atoms with Crippen LogP contribution in [0, 0.1) is 0 Å². The number of nitrogens with one attached hydrogen (secondary N) is 2. The second-order valence-corrected chi connectivity index (χ2v) is 9.82. The van der Waals surface area contributed by atoms with Crippen molar-refractivity contribution in [2.75, 3.05) is 4.72 Å². The molecule has 25 heavy (non-hydrogen) atoms. The summed E-state index contributed by atoms with van der Waals surface area (Å²) in [6, 6.07) is 13.3. The molecular formula is C15H12N2O5S3. The van der Waals surface area contributed by atoms with Crippen LogP contribution >= 0.6 is 11.3 Å². The maximum Gasteiger partial charge on any atom is 0.305 e. The van der Waals surface area contributed by atoms with Gasteiger partial charge in [-0.05, 0) is 30.3 Å². The second kappa shape index (κ2) is 6.47. The molecule has 0 saturated carbocycles. The van der Waals surface area contributed by atoms with Crippen molar-refractivity contribution in [2.24, 2.45) is 0 Å². The Labute approximate surface area is 148 Å². The molecule has 0 fully saturated rings. The molecule has 0 saturated heterocycles. The third-order valence-electron chi connectivity index (χ3n) is 3.22. The first-order valence-electron chi connectivity index (χ1n) is 6.90. The number of H-pyrrole nitrogens is 1. The van der Waals surface area contributed by atoms with Gasteiger partial charge in [-0.3, -0.25) is 9.52 Å². The normalized spacial score (nSPS) is 12.0. The van der Waals surface area contributed by atoms with E-state index < -0.39 is 24.7 Å². The van der Waals surface area contributed by atoms with Gasteiger partial charge in [-0.1, -0.05) is 35.6 Å². The molecule has 1 aromatic heterocycles. The van der Waals surface area contributed by atoms with Gasteiger partial charge in [0.05, 0.1) is 15.5 Å². The molecule has 0 unspecified atom stereocenters. The summed E-state index contributed by atoms with van der Waals surface area (Å²) in [6.45, 7) is 0. The lowest BCUT2D eigenvalue weighted by Crippen LogP contribution is -2.12. The minimum absolute atomic E-state index is 0.0406. The number of aromatic nitrogens is 1. The fourth-order valence-corrected chi connectivity index (χ4v) is 5.36. The van der Waals surface area contributed by atoms with Crippen molar-refractivity contribution in [3.05, 3.63) is 70.5 Å². The number of sulfonamides is 1. The van der Waals surface area contributed by atoms with Crippen LogP contribution in [-0.2, 0) is 19.9 Å². The summed E-state index contributed by atoms with van der Waals surface area (Å²) in [5, 5.41) is 0. The Balaban J connectivity index is 1.96. The van der Waals surface area contributed by atoms with E-state index in [0.29, 0.717) is 11.3 Å². The fraction of sp³-hybridized carbons (Fsp3) is 0. The van der Waals surface area contributed by atoms with Gasteiger partial charge in [-0.25, -0.2) is 16.8 Å². The van der Waals surface area contributed by atoms with Crippen molar-refractivity contribution < 1.29 is 16.8 Å². The molecule has 7 nitrogen and oxygen atoms in total. The summed E-state index contributed by atoms with van der Waals surface area (Å²) < 4.78 is 51.8. The molecule has 3 rings (SSSR count). The predicted molar refractivity (Wildman–Crippen MR) is 94.1 cm³/mol. The molecule has 0 radical (unpaired) electrons. The van der Waals surface area contributed by atoms with Crippen LogP contribution in [-0.4, -0.2) is 21.8 Å². The summed E-state index contributed by atoms with van der Waals surface area (Å²) >= 11 is 0.541. The molecule has 1 heterocycles. The predicted octanol–water partition coefficient (Wildman–Crippen LogP) is 2.07. The first-order valence-corrected chi connectivity index (χ1v) is 10.7. The van der Waals surface area contributed by atoms with E-state index >= 15 is 0 Å². The first kappa shape index (κ1) is 17.4. The minimum Gasteiger partial charge on any atom is -0.318 e. The van der Waals surface area contributed by atoms with Gasteiger partial charge in [-0.2, -0.15) is 0 Å². The number of hydrogen-bond donors (Lipinski definition) is 2. The van der Waals surface area contributed by atoms with Crippen molar-refractivity contribution in [1.82, 2.24) is 4.98 Å². The van der Waals surface area contributed by atoms with E-state index in [4.69, 9.17) is 0 Å². The van der Waals surface area contributed by atoms with E-state index in [1.54, 1.807) is 18.2 Å². The van der Waals surface area contributed by atoms with Gasteiger partial charge in [0, 0.05) is 6.20 Å². The number of thiazole rings is 1. The van der Waals surface area contributed by atoms with Crippen LogP contribution < -0.4 is 9.60 Å². The van der Waals surface area contributed by atoms with Gasteiger partial charge < -0.3 is 4.98 Å². The molecule has 0 aliphatic heterocycles. The number of sulfone groups is 1. The highest BCUT2D eigenvalue weighted by Gasteiger charge is 2.20. The van der Waals surface area contributed by atoms with Gasteiger partial charge in [0.1, 0.15) is 0 Å². The average Bonchev–Trinajstić information content (AvgIpc) is 3.03. The molecular weight excluding hydrogens is 384 g/mol. The zero-order valence-electron chi connectivity index (χ0n) is 12.5. The molecule has 130 valence electrons. The average molecular weight is 396 g/mol. The van der Waals surface area contributed by atoms with Crippen LogP contribution in [0.3, 0.4) is 0 Å². The zero-order valence-corrected chi connectivity index (χ0v) is 15.0. The molecule has 2 aromatic carbocycles. The van der Waals surface area contributed by atoms with E-state index in [0.717, 1.165) is 6.20 Å². The smallest absolute Gasteiger partial charge is 0.305 e. The summed E-state index contributed by atoms with van der Waals surface area (Å²) in [5.41, 5.74) is 0.0813. The van der Waals surface area contributed by atoms with Crippen LogP contribution in [0.2, 0.25) is 0 Å². The van der Waals surface area contributed by atoms with Crippen molar-refractivity contribution in [2.45, 2.75) is 14.0 Å². The molecule has 2 N–H and O–H groups in total. The van der Waals surface area contributed by atoms with E-state index in [-0.39, 0.29) is 19.7 Å². The van der Waals surface area contributed by atoms with E-state index in [2.05, 4.69) is 9.71 Å². The Morgan fingerprint density at radius 1 is 0.880 bits per heavy atom. The van der Waals surface area contributed by atoms with Crippen LogP contribution in [0.25, 0.3) is 0 Å². The maximum atomic E-state index is 12.6. The molecule has 0 bridgehead atoms. The Morgan fingerprint density at radius 2 is 1.56 bits per heavy atom. The third-order valence-corrected chi connectivity index (χ3v) is 7.67. The third kappa shape index (κ3) is 3.65. The zero-order chi connectivity index (χ0) is 18.1. The molecule has 0 aliphatic carbocycles. The second-order valence-electron chi connectivity index (χ2n) is 4.95. The molecule has 0 aliphatic rings. The van der Waals surface area contributed by atoms with E-state index in [1.807, 2.05) is 0 Å². The van der Waals surface area contributed by atoms with Crippen LogP contribution in [0.4, 0.5) is 5.69 Å². The van der Waals surface area contributed by atoms with Crippen molar-refractivity contribution in [1.29, 1.82) is 0 Å². The standard InChI is InChI=1S/C15H12N2O5S3/c18-15-16-10-14(23-15)25(21,22)17-11-5-4-8-13(9-11)24(19,20)12-6-2-1-3-7-12/h1-10,17H,(H,16,18). The number of anilines is 1. The molecule has 0 atom stereocenters. The van der Waals surface area contributed by atoms with Gasteiger partial charge >= 0.3 is 4.87 Å². The quantitative estimate of drug-likeness (QED) is 0.685. The first-order chi connectivity index (χ1) is 11.8. The number of aromatic amines is 1. The summed E-state index contributed by atoms with van der Waals surface area (Å²) in [4.78, 5) is 13.0. The summed E-state index contributed by atoms with van der Waals surface area (Å²) in [5.74, 6) is 0. The van der Waals surface area contributed by atoms with Crippen LogP contribution in [0.15, 0.2) is 79.6 Å². The Morgan fingerprint density at radius 3 is 2.20 bits per heavy atom. The SMILES string of the molecule is O=c1[nH]cc(S(=O)(=O)Nc2cccc(S(=O)(=O)c3ccccc3)c2)s1. The highest BCUT2D eigenvalue weighted by atomic mass is 32.2. The summed E-state index contributed by atoms with van der Waals surface area (Å²) in [7, 11) is -7.74. The molecule has 3 aromatic rings. The lowest BCUT2D eigenvalue weighted by atomic mass is 10.3. The van der Waals surface area contributed by atoms with Crippen molar-refractivity contribution in [3.63, 3.8) is 0 Å². The topological polar surface area (TPSA) is 113 Å². The van der Waals surface area contributed by atoms with Gasteiger partial charge in [0.25, 0.3) is 10.0 Å². The largest absolute Gasteiger partial charge is 0.318 e. The highest BCUT2D eigenvalue weighted by Crippen LogP contribution is 2.24. The van der Waals surface area contributed by atoms with Gasteiger partial charge in [0.2, 0.25) is 9.84 Å². The number of benzene rings is 2. The van der Waals surface area contributed by atoms with Gasteiger partial charge in [-0.15, -0.1) is 0 Å². The fourth-order valence-electron chi connectivity index (χ4n) is 2.07. The van der Waals surface area contributed by atoms with E-state index in [9.17, 15) is 21.6 Å². The van der Waals surface area contributed by atoms with Crippen LogP contribution in [0.1, 0.15) is 0 Å². The highest BCUT2D eigenvalue weighted by molar-refractivity contribution is 7.94. The van der Waals surface area contributed by atoms with Crippen LogP contribution in [0.5, 0.6) is 0 Å². The molecule has 0 amide bonds. The van der Waals surface area contributed by atoms with Crippen molar-refractivity contribution >= 4 is 36.9 Å². The minimum atomic E-state index is -3.98. The number of hydrogen-bond acceptors (Lipinski definition) is 6. The van der Waals surface area contributed by atoms with Gasteiger partial charge in [0.15, 0.2) is 4.21 Å². The maximum absolute atomic E-state index is 12.6. The number of rotatable bonds is 5. The Bertz CT molecular complexity index is 1160. The Kier molecular flexibility index (Phi) is 4.50. The molecule has 10 heteroatoms. The monoisotopic (exact) mass is 396 g/mol. The lowest BCUT2D eigenvalue weighted by Gasteiger charge is -2.09. The summed E-state index contributed by atoms with van der Waals surface area (Å²) in [6.07, 6.45) is 1.08. The Hall–Kier alpha value is -2.43. The van der Waals surface area contributed by atoms with Crippen molar-refractivity contribution in [3.8, 4) is 0 Å². The molecule has 0 spiro atoms. The van der Waals surface area contributed by atoms with E-state index in [1.165, 1.54) is 36.4 Å².